The maximum atomic E-state index is 12.6. The summed E-state index contributed by atoms with van der Waals surface area (Å²) in [4.78, 5) is 0. The Morgan fingerprint density at radius 3 is 2.73 bits per heavy atom. The molecule has 0 spiro atoms. The molecule has 0 heterocycles. The van der Waals surface area contributed by atoms with Gasteiger partial charge in [-0.15, -0.1) is 0 Å². The van der Waals surface area contributed by atoms with E-state index in [0.717, 1.165) is 6.07 Å². The minimum absolute atomic E-state index is 0.194. The fourth-order valence-corrected chi connectivity index (χ4v) is 1.14. The second kappa shape index (κ2) is 3.34. The normalized spacial score (nSPS) is 9.82. The van der Waals surface area contributed by atoms with Crippen molar-refractivity contribution in [3.8, 4) is 5.75 Å². The maximum absolute atomic E-state index is 12.6. The molecule has 0 bridgehead atoms. The van der Waals surface area contributed by atoms with Gasteiger partial charge in [-0.25, -0.2) is 8.78 Å². The summed E-state index contributed by atoms with van der Waals surface area (Å²) in [5.74, 6) is -1.28. The number of benzene rings is 1. The van der Waals surface area contributed by atoms with Crippen LogP contribution in [0.25, 0.3) is 0 Å². The molecule has 0 saturated carbocycles. The van der Waals surface area contributed by atoms with Crippen LogP contribution < -0.4 is 4.74 Å². The van der Waals surface area contributed by atoms with E-state index in [1.807, 2.05) is 6.07 Å². The zero-order valence-electron chi connectivity index (χ0n) is 5.62. The fraction of sp³-hybridized carbons (Fsp3) is 0.143. The molecule has 1 radical (unpaired) electrons. The fourth-order valence-electron chi connectivity index (χ4n) is 0.631. The van der Waals surface area contributed by atoms with E-state index < -0.39 is 11.6 Å². The third-order valence-corrected chi connectivity index (χ3v) is 2.12. The molecule has 0 unspecified atom stereocenters. The predicted molar refractivity (Wildman–Crippen MR) is 44.5 cm³/mol. The summed E-state index contributed by atoms with van der Waals surface area (Å²) >= 11 is 1.72. The average molecular weight is 269 g/mol. The molecule has 1 aromatic carbocycles. The molecule has 0 aromatic heterocycles. The lowest BCUT2D eigenvalue weighted by atomic mass is 10.3. The highest BCUT2D eigenvalue weighted by Crippen LogP contribution is 2.23. The van der Waals surface area contributed by atoms with Gasteiger partial charge in [0.1, 0.15) is 11.6 Å². The molecule has 59 valence electrons. The van der Waals surface area contributed by atoms with Crippen molar-refractivity contribution in [3.63, 3.8) is 0 Å². The highest BCUT2D eigenvalue weighted by atomic mass is 127. The van der Waals surface area contributed by atoms with Gasteiger partial charge in [-0.1, -0.05) is 0 Å². The summed E-state index contributed by atoms with van der Waals surface area (Å²) in [5.41, 5.74) is 0. The van der Waals surface area contributed by atoms with Crippen molar-refractivity contribution < 1.29 is 13.5 Å². The second-order valence-corrected chi connectivity index (χ2v) is 2.89. The molecule has 0 atom stereocenters. The molecule has 0 N–H and O–H groups in total. The van der Waals surface area contributed by atoms with Crippen molar-refractivity contribution in [1.82, 2.24) is 0 Å². The Labute approximate surface area is 76.5 Å². The van der Waals surface area contributed by atoms with Crippen molar-refractivity contribution in [2.45, 2.75) is 0 Å². The summed E-state index contributed by atoms with van der Waals surface area (Å²) < 4.78 is 30.0. The summed E-state index contributed by atoms with van der Waals surface area (Å²) in [7, 11) is 1.36. The Morgan fingerprint density at radius 1 is 1.55 bits per heavy atom. The first-order chi connectivity index (χ1) is 5.15. The third-order valence-electron chi connectivity index (χ3n) is 1.12. The zero-order valence-corrected chi connectivity index (χ0v) is 7.78. The smallest absolute Gasteiger partial charge is 0.151 e. The molecule has 0 fully saturated rings. The lowest BCUT2D eigenvalue weighted by Gasteiger charge is -2.02. The Bertz CT molecular complexity index is 275. The van der Waals surface area contributed by atoms with Crippen LogP contribution in [0, 0.1) is 21.3 Å². The van der Waals surface area contributed by atoms with Gasteiger partial charge in [-0.05, 0) is 22.6 Å². The molecule has 4 heteroatoms. The van der Waals surface area contributed by atoms with Crippen LogP contribution in [0.1, 0.15) is 0 Å². The number of rotatable bonds is 1. The molecule has 1 aromatic rings. The van der Waals surface area contributed by atoms with Crippen molar-refractivity contribution in [3.05, 3.63) is 27.3 Å². The number of hydrogen-bond donors (Lipinski definition) is 0. The highest BCUT2D eigenvalue weighted by Gasteiger charge is 2.08. The van der Waals surface area contributed by atoms with Gasteiger partial charge in [0, 0.05) is 6.07 Å². The van der Waals surface area contributed by atoms with E-state index in [-0.39, 0.29) is 9.32 Å². The molecule has 1 nitrogen and oxygen atoms in total. The third kappa shape index (κ3) is 1.79. The molecular weight excluding hydrogens is 265 g/mol. The van der Waals surface area contributed by atoms with Crippen LogP contribution in [-0.4, -0.2) is 7.11 Å². The summed E-state index contributed by atoms with van der Waals surface area (Å²) in [6, 6.07) is 2.98. The van der Waals surface area contributed by atoms with Crippen LogP contribution in [-0.2, 0) is 0 Å². The topological polar surface area (TPSA) is 9.23 Å². The first-order valence-corrected chi connectivity index (χ1v) is 3.84. The summed E-state index contributed by atoms with van der Waals surface area (Å²) in [6.45, 7) is 0. The first-order valence-electron chi connectivity index (χ1n) is 2.76. The standard InChI is InChI=1S/C7H4F2IO/c1-11-6-3-4(8)2-5(9)7(6)10/h3H,1H3. The average Bonchev–Trinajstić information content (AvgIpc) is 1.96. The van der Waals surface area contributed by atoms with Crippen LogP contribution >= 0.6 is 22.6 Å². The minimum atomic E-state index is -0.750. The molecular formula is C7H4F2IO. The van der Waals surface area contributed by atoms with Crippen molar-refractivity contribution >= 4 is 22.6 Å². The highest BCUT2D eigenvalue weighted by molar-refractivity contribution is 14.1. The maximum Gasteiger partial charge on any atom is 0.151 e. The van der Waals surface area contributed by atoms with Gasteiger partial charge < -0.3 is 4.74 Å². The van der Waals surface area contributed by atoms with Crippen molar-refractivity contribution in [1.29, 1.82) is 0 Å². The van der Waals surface area contributed by atoms with Gasteiger partial charge in [0.05, 0.1) is 16.7 Å². The van der Waals surface area contributed by atoms with Gasteiger partial charge in [0.15, 0.2) is 5.82 Å². The van der Waals surface area contributed by atoms with Gasteiger partial charge >= 0.3 is 0 Å². The van der Waals surface area contributed by atoms with Crippen LogP contribution in [0.15, 0.2) is 6.07 Å². The number of methoxy groups -OCH3 is 1. The van der Waals surface area contributed by atoms with Gasteiger partial charge in [-0.3, -0.25) is 0 Å². The largest absolute Gasteiger partial charge is 0.495 e. The molecule has 0 aliphatic rings. The lowest BCUT2D eigenvalue weighted by Crippen LogP contribution is -1.92. The molecule has 0 aliphatic carbocycles. The van der Waals surface area contributed by atoms with Crippen LogP contribution in [0.2, 0.25) is 0 Å². The van der Waals surface area contributed by atoms with E-state index in [4.69, 9.17) is 4.74 Å². The number of hydrogen-bond acceptors (Lipinski definition) is 1. The van der Waals surface area contributed by atoms with Gasteiger partial charge in [-0.2, -0.15) is 0 Å². The van der Waals surface area contributed by atoms with Crippen LogP contribution in [0.5, 0.6) is 5.75 Å². The molecule has 0 amide bonds. The molecule has 0 aliphatic heterocycles. The van der Waals surface area contributed by atoms with Gasteiger partial charge in [0.2, 0.25) is 0 Å². The molecule has 11 heavy (non-hydrogen) atoms. The van der Waals surface area contributed by atoms with E-state index >= 15 is 0 Å². The van der Waals surface area contributed by atoms with E-state index in [2.05, 4.69) is 0 Å². The van der Waals surface area contributed by atoms with E-state index in [1.165, 1.54) is 7.11 Å². The van der Waals surface area contributed by atoms with Crippen molar-refractivity contribution in [2.75, 3.05) is 7.11 Å². The quantitative estimate of drug-likeness (QED) is 0.561. The number of halogens is 3. The van der Waals surface area contributed by atoms with Crippen LogP contribution in [0.4, 0.5) is 8.78 Å². The lowest BCUT2D eigenvalue weighted by molar-refractivity contribution is 0.402. The Hall–Kier alpha value is -0.390. The Morgan fingerprint density at radius 2 is 2.18 bits per heavy atom. The first kappa shape index (κ1) is 8.70. The van der Waals surface area contributed by atoms with Gasteiger partial charge in [0.25, 0.3) is 0 Å². The minimum Gasteiger partial charge on any atom is -0.495 e. The van der Waals surface area contributed by atoms with Crippen LogP contribution in [0.3, 0.4) is 0 Å². The van der Waals surface area contributed by atoms with E-state index in [1.54, 1.807) is 22.6 Å². The summed E-state index contributed by atoms with van der Waals surface area (Å²) in [5, 5.41) is 0. The molecule has 0 saturated heterocycles. The SMILES string of the molecule is COc1cc(F)[c]c(F)c1I. The van der Waals surface area contributed by atoms with E-state index in [0.29, 0.717) is 0 Å². The zero-order chi connectivity index (χ0) is 8.43. The molecule has 1 rings (SSSR count). The van der Waals surface area contributed by atoms with Crippen molar-refractivity contribution in [2.24, 2.45) is 0 Å². The predicted octanol–water partition coefficient (Wildman–Crippen LogP) is 2.38. The summed E-state index contributed by atoms with van der Waals surface area (Å²) in [6.07, 6.45) is 0. The monoisotopic (exact) mass is 269 g/mol. The van der Waals surface area contributed by atoms with E-state index in [9.17, 15) is 8.78 Å². The second-order valence-electron chi connectivity index (χ2n) is 1.81. The number of ether oxygens (including phenoxy) is 1. The Balaban J connectivity index is 3.24. The Kier molecular flexibility index (Phi) is 2.64.